The molecule has 0 rings (SSSR count). The topological polar surface area (TPSA) is 111 Å². The van der Waals surface area contributed by atoms with Crippen LogP contribution in [0.15, 0.2) is 134 Å². The van der Waals surface area contributed by atoms with Gasteiger partial charge in [0.1, 0.15) is 13.2 Å². The van der Waals surface area contributed by atoms with Gasteiger partial charge in [-0.15, -0.1) is 0 Å². The Bertz CT molecular complexity index is 1690. The summed E-state index contributed by atoms with van der Waals surface area (Å²) >= 11 is 0. The molecule has 2 atom stereocenters. The van der Waals surface area contributed by atoms with Gasteiger partial charge in [0.05, 0.1) is 40.3 Å². The van der Waals surface area contributed by atoms with Crippen molar-refractivity contribution in [3.63, 3.8) is 0 Å². The van der Waals surface area contributed by atoms with Crippen LogP contribution in [-0.2, 0) is 33.3 Å². The number of rotatable bonds is 52. The van der Waals surface area contributed by atoms with Crippen LogP contribution in [-0.4, -0.2) is 82.3 Å². The summed E-state index contributed by atoms with van der Waals surface area (Å²) in [7, 11) is 5.90. The van der Waals surface area contributed by atoms with Gasteiger partial charge in [0.2, 0.25) is 0 Å². The first-order chi connectivity index (χ1) is 36.6. The minimum absolute atomic E-state index is 0.134. The maximum absolute atomic E-state index is 12.9. The number of carbonyl (C=O) groups excluding carboxylic acids is 3. The zero-order valence-electron chi connectivity index (χ0n) is 48.1. The van der Waals surface area contributed by atoms with E-state index in [2.05, 4.69) is 148 Å². The Morgan fingerprint density at radius 2 is 0.720 bits per heavy atom. The van der Waals surface area contributed by atoms with Crippen molar-refractivity contribution in [2.24, 2.45) is 0 Å². The number of unbranched alkanes of at least 4 members (excludes halogenated alkanes) is 15. The maximum Gasteiger partial charge on any atom is 0.306 e. The van der Waals surface area contributed by atoms with Gasteiger partial charge in [-0.2, -0.15) is 0 Å². The van der Waals surface area contributed by atoms with E-state index in [0.717, 1.165) is 103 Å². The SMILES string of the molecule is CC/C=C\C/C=C\C/C=C\C/C=C\C/C=C\C/C=C\C/C=C\CCCCCCCCCCCCCCCC(=O)OC(COC(=O)CCCC/C=C\C/C=C\C/C=C\C/C=C\CC)COC(OCC[N+](C)(C)C)C(=O)[O-]. The van der Waals surface area contributed by atoms with Crippen molar-refractivity contribution in [3.8, 4) is 0 Å². The van der Waals surface area contributed by atoms with Gasteiger partial charge in [-0.25, -0.2) is 0 Å². The van der Waals surface area contributed by atoms with E-state index >= 15 is 0 Å². The Morgan fingerprint density at radius 3 is 1.09 bits per heavy atom. The Morgan fingerprint density at radius 1 is 0.400 bits per heavy atom. The van der Waals surface area contributed by atoms with Crippen molar-refractivity contribution in [3.05, 3.63) is 134 Å². The molecule has 0 N–H and O–H groups in total. The molecule has 0 aromatic rings. The number of aliphatic carboxylic acids is 1. The number of carbonyl (C=O) groups is 3. The zero-order valence-corrected chi connectivity index (χ0v) is 48.1. The average Bonchev–Trinajstić information content (AvgIpc) is 3.38. The monoisotopic (exact) mass is 1040 g/mol. The van der Waals surface area contributed by atoms with Crippen LogP contribution in [0.4, 0.5) is 0 Å². The van der Waals surface area contributed by atoms with E-state index in [1.807, 2.05) is 21.1 Å². The Balaban J connectivity index is 4.20. The third kappa shape index (κ3) is 57.0. The largest absolute Gasteiger partial charge is 0.545 e. The van der Waals surface area contributed by atoms with Crippen LogP contribution in [0.1, 0.15) is 206 Å². The van der Waals surface area contributed by atoms with E-state index in [0.29, 0.717) is 23.9 Å². The molecule has 0 aromatic carbocycles. The summed E-state index contributed by atoms with van der Waals surface area (Å²) in [5.41, 5.74) is 0. The van der Waals surface area contributed by atoms with E-state index in [-0.39, 0.29) is 32.7 Å². The Kier molecular flexibility index (Phi) is 52.3. The van der Waals surface area contributed by atoms with E-state index in [4.69, 9.17) is 18.9 Å². The van der Waals surface area contributed by atoms with Crippen LogP contribution in [0.3, 0.4) is 0 Å². The molecule has 0 radical (unpaired) electrons. The fourth-order valence-electron chi connectivity index (χ4n) is 7.45. The van der Waals surface area contributed by atoms with Gasteiger partial charge in [-0.05, 0) is 109 Å². The molecule has 424 valence electrons. The molecular weight excluding hydrogens is 935 g/mol. The molecule has 9 nitrogen and oxygen atoms in total. The summed E-state index contributed by atoms with van der Waals surface area (Å²) in [6.45, 7) is 4.45. The van der Waals surface area contributed by atoms with Crippen LogP contribution in [0.25, 0.3) is 0 Å². The van der Waals surface area contributed by atoms with Crippen molar-refractivity contribution >= 4 is 17.9 Å². The van der Waals surface area contributed by atoms with Gasteiger partial charge in [-0.1, -0.05) is 218 Å². The number of likely N-dealkylation sites (N-methyl/N-ethyl adjacent to an activating group) is 1. The predicted molar refractivity (Wildman–Crippen MR) is 315 cm³/mol. The molecule has 0 aliphatic carbocycles. The quantitative estimate of drug-likeness (QED) is 0.0195. The lowest BCUT2D eigenvalue weighted by atomic mass is 10.0. The summed E-state index contributed by atoms with van der Waals surface area (Å²) in [5, 5.41) is 11.8. The zero-order chi connectivity index (χ0) is 54.8. The molecule has 0 fully saturated rings. The molecule has 0 amide bonds. The lowest BCUT2D eigenvalue weighted by Gasteiger charge is -2.26. The molecule has 0 aliphatic heterocycles. The number of quaternary nitrogens is 1. The molecule has 0 saturated heterocycles. The van der Waals surface area contributed by atoms with Gasteiger partial charge >= 0.3 is 11.9 Å². The van der Waals surface area contributed by atoms with Crippen molar-refractivity contribution < 1.29 is 42.9 Å². The summed E-state index contributed by atoms with van der Waals surface area (Å²) < 4.78 is 22.6. The van der Waals surface area contributed by atoms with Crippen LogP contribution in [0.2, 0.25) is 0 Å². The lowest BCUT2D eigenvalue weighted by Crippen LogP contribution is -2.44. The first kappa shape index (κ1) is 70.4. The summed E-state index contributed by atoms with van der Waals surface area (Å²) in [5.74, 6) is -2.35. The van der Waals surface area contributed by atoms with Crippen molar-refractivity contribution in [2.75, 3.05) is 47.5 Å². The third-order valence-corrected chi connectivity index (χ3v) is 11.9. The van der Waals surface area contributed by atoms with Gasteiger partial charge in [0, 0.05) is 12.8 Å². The molecule has 2 unspecified atom stereocenters. The molecular formula is C66H107NO8. The highest BCUT2D eigenvalue weighted by Gasteiger charge is 2.22. The second-order valence-electron chi connectivity index (χ2n) is 20.2. The number of hydrogen-bond donors (Lipinski definition) is 0. The molecule has 0 heterocycles. The number of carboxylic acids is 1. The van der Waals surface area contributed by atoms with Crippen molar-refractivity contribution in [2.45, 2.75) is 219 Å². The van der Waals surface area contributed by atoms with Crippen LogP contribution < -0.4 is 5.11 Å². The number of hydrogen-bond acceptors (Lipinski definition) is 8. The molecule has 0 spiro atoms. The highest BCUT2D eigenvalue weighted by molar-refractivity contribution is 5.70. The van der Waals surface area contributed by atoms with Gasteiger partial charge in [-0.3, -0.25) is 9.59 Å². The first-order valence-electron chi connectivity index (χ1n) is 29.3. The van der Waals surface area contributed by atoms with E-state index in [1.165, 1.54) is 64.2 Å². The predicted octanol–water partition coefficient (Wildman–Crippen LogP) is 16.1. The molecule has 9 heteroatoms. The number of esters is 2. The lowest BCUT2D eigenvalue weighted by molar-refractivity contribution is -0.870. The molecule has 0 saturated carbocycles. The highest BCUT2D eigenvalue weighted by Crippen LogP contribution is 2.15. The second kappa shape index (κ2) is 55.7. The third-order valence-electron chi connectivity index (χ3n) is 11.9. The van der Waals surface area contributed by atoms with Gasteiger partial charge < -0.3 is 33.3 Å². The number of carboxylic acid groups (broad SMARTS) is 1. The fraction of sp³-hybridized carbons (Fsp3) is 0.621. The van der Waals surface area contributed by atoms with Crippen LogP contribution in [0, 0.1) is 0 Å². The Hall–Kier alpha value is -4.57. The summed E-state index contributed by atoms with van der Waals surface area (Å²) in [6, 6.07) is 0. The van der Waals surface area contributed by atoms with E-state index in [9.17, 15) is 19.5 Å². The minimum atomic E-state index is -1.64. The molecule has 0 aliphatic rings. The first-order valence-corrected chi connectivity index (χ1v) is 29.3. The smallest absolute Gasteiger partial charge is 0.306 e. The second-order valence-corrected chi connectivity index (χ2v) is 20.2. The Labute approximate surface area is 459 Å². The highest BCUT2D eigenvalue weighted by atomic mass is 16.7. The van der Waals surface area contributed by atoms with Crippen LogP contribution >= 0.6 is 0 Å². The standard InChI is InChI=1S/C66H107NO8/c1-6-8-10-12-14-16-18-20-22-23-24-25-26-27-28-29-30-31-32-33-34-35-36-37-38-39-40-41-43-45-47-49-51-53-55-57-64(69)75-62(61-74-66(65(70)71)72-59-58-67(3,4)5)60-73-63(68)56-54-52-50-48-46-44-42-21-19-17-15-13-11-9-7-2/h8-11,14-17,20-22,24-25,27-28,30-31,33-34,42,46,48,62,66H,6-7,12-13,18-19,23,26,29,32,35-41,43-45,47,49-61H2,1-5H3/b10-8-,11-9-,16-14-,17-15-,22-20-,25-24-,28-27-,31-30-,34-33-,42-21-,48-46-. The van der Waals surface area contributed by atoms with Crippen molar-refractivity contribution in [1.29, 1.82) is 0 Å². The average molecular weight is 1040 g/mol. The van der Waals surface area contributed by atoms with Crippen LogP contribution in [0.5, 0.6) is 0 Å². The van der Waals surface area contributed by atoms with Crippen molar-refractivity contribution in [1.82, 2.24) is 0 Å². The summed E-state index contributed by atoms with van der Waals surface area (Å²) in [6.07, 6.45) is 76.6. The molecule has 75 heavy (non-hydrogen) atoms. The normalized spacial score (nSPS) is 13.8. The number of nitrogens with zero attached hydrogens (tertiary/aromatic N) is 1. The van der Waals surface area contributed by atoms with Gasteiger partial charge in [0.15, 0.2) is 12.4 Å². The molecule has 0 aromatic heterocycles. The number of ether oxygens (including phenoxy) is 4. The summed E-state index contributed by atoms with van der Waals surface area (Å²) in [4.78, 5) is 37.2. The van der Waals surface area contributed by atoms with E-state index < -0.39 is 30.3 Å². The van der Waals surface area contributed by atoms with E-state index in [1.54, 1.807) is 0 Å². The minimum Gasteiger partial charge on any atom is -0.545 e. The maximum atomic E-state index is 12.9. The molecule has 0 bridgehead atoms. The van der Waals surface area contributed by atoms with Gasteiger partial charge in [0.25, 0.3) is 0 Å². The number of allylic oxidation sites excluding steroid dienone is 22. The fourth-order valence-corrected chi connectivity index (χ4v) is 7.45.